The summed E-state index contributed by atoms with van der Waals surface area (Å²) in [5.74, 6) is 1.52. The average Bonchev–Trinajstić information content (AvgIpc) is 3.13. The van der Waals surface area contributed by atoms with E-state index in [1.165, 1.54) is 0 Å². The lowest BCUT2D eigenvalue weighted by atomic mass is 9.90. The number of anilines is 1. The Balaban J connectivity index is 1.85. The maximum absolute atomic E-state index is 9.09. The quantitative estimate of drug-likeness (QED) is 0.731. The third-order valence-corrected chi connectivity index (χ3v) is 4.26. The Kier molecular flexibility index (Phi) is 4.08. The third kappa shape index (κ3) is 3.10. The Morgan fingerprint density at radius 3 is 2.86 bits per heavy atom. The first-order valence-electron chi connectivity index (χ1n) is 7.19. The predicted molar refractivity (Wildman–Crippen MR) is 88.1 cm³/mol. The van der Waals surface area contributed by atoms with Gasteiger partial charge in [-0.2, -0.15) is 15.9 Å². The molecule has 0 fully saturated rings. The highest BCUT2D eigenvalue weighted by Crippen LogP contribution is 2.22. The minimum atomic E-state index is 0.00869. The number of thiophene rings is 1. The summed E-state index contributed by atoms with van der Waals surface area (Å²) in [5.41, 5.74) is 1.75. The fraction of sp³-hybridized carbons (Fsp3) is 0.400. The lowest BCUT2D eigenvalue weighted by Crippen LogP contribution is -2.24. The molecule has 0 unspecified atom stereocenters. The van der Waals surface area contributed by atoms with Gasteiger partial charge in [0.15, 0.2) is 11.5 Å². The summed E-state index contributed by atoms with van der Waals surface area (Å²) in [6.07, 6.45) is 0.745. The molecule has 0 aliphatic heterocycles. The van der Waals surface area contributed by atoms with E-state index < -0.39 is 0 Å². The normalized spacial score (nSPS) is 12.0. The molecule has 0 bridgehead atoms. The molecule has 0 amide bonds. The standard InChI is InChI=1S/C15H19N5OS/c1-15(2,6-7-21)10-16-12-3-4-13-17-18-14(20(13)19-12)11-5-8-22-9-11/h3-5,8-9,21H,6-7,10H2,1-2H3,(H,16,19). The van der Waals surface area contributed by atoms with Gasteiger partial charge in [0.25, 0.3) is 0 Å². The van der Waals surface area contributed by atoms with Gasteiger partial charge in [0.1, 0.15) is 5.82 Å². The molecule has 3 aromatic heterocycles. The van der Waals surface area contributed by atoms with Crippen molar-refractivity contribution in [1.29, 1.82) is 0 Å². The molecule has 3 heterocycles. The second-order valence-corrected chi connectivity index (χ2v) is 6.80. The fourth-order valence-electron chi connectivity index (χ4n) is 2.18. The van der Waals surface area contributed by atoms with Crippen LogP contribution < -0.4 is 5.32 Å². The number of aromatic nitrogens is 4. The molecule has 0 atom stereocenters. The second-order valence-electron chi connectivity index (χ2n) is 6.02. The van der Waals surface area contributed by atoms with Gasteiger partial charge in [-0.15, -0.1) is 15.3 Å². The van der Waals surface area contributed by atoms with E-state index in [2.05, 4.69) is 34.5 Å². The van der Waals surface area contributed by atoms with E-state index >= 15 is 0 Å². The summed E-state index contributed by atoms with van der Waals surface area (Å²) in [6, 6.07) is 5.81. The van der Waals surface area contributed by atoms with Gasteiger partial charge in [0, 0.05) is 24.1 Å². The van der Waals surface area contributed by atoms with E-state index in [0.717, 1.165) is 35.8 Å². The van der Waals surface area contributed by atoms with Gasteiger partial charge in [-0.1, -0.05) is 13.8 Å². The number of aliphatic hydroxyl groups is 1. The molecule has 3 aromatic rings. The van der Waals surface area contributed by atoms with Gasteiger partial charge >= 0.3 is 0 Å². The van der Waals surface area contributed by atoms with Crippen LogP contribution in [0.1, 0.15) is 20.3 Å². The highest BCUT2D eigenvalue weighted by molar-refractivity contribution is 7.08. The Morgan fingerprint density at radius 1 is 1.27 bits per heavy atom. The topological polar surface area (TPSA) is 75.3 Å². The molecule has 0 aliphatic rings. The number of rotatable bonds is 6. The lowest BCUT2D eigenvalue weighted by Gasteiger charge is -2.24. The Bertz CT molecular complexity index is 750. The average molecular weight is 317 g/mol. The number of hydrogen-bond donors (Lipinski definition) is 2. The summed E-state index contributed by atoms with van der Waals surface area (Å²) < 4.78 is 1.75. The van der Waals surface area contributed by atoms with Crippen molar-refractivity contribution in [2.45, 2.75) is 20.3 Å². The van der Waals surface area contributed by atoms with Crippen LogP contribution in [-0.4, -0.2) is 38.1 Å². The van der Waals surface area contributed by atoms with Crippen LogP contribution in [0.3, 0.4) is 0 Å². The minimum Gasteiger partial charge on any atom is -0.396 e. The number of nitrogens with one attached hydrogen (secondary N) is 1. The molecular formula is C15H19N5OS. The van der Waals surface area contributed by atoms with Crippen molar-refractivity contribution in [3.63, 3.8) is 0 Å². The molecule has 0 aromatic carbocycles. The monoisotopic (exact) mass is 317 g/mol. The maximum atomic E-state index is 9.09. The molecule has 7 heteroatoms. The molecule has 2 N–H and O–H groups in total. The first kappa shape index (κ1) is 14.9. The van der Waals surface area contributed by atoms with Crippen LogP contribution in [0.15, 0.2) is 29.0 Å². The molecule has 0 aliphatic carbocycles. The summed E-state index contributed by atoms with van der Waals surface area (Å²) >= 11 is 1.62. The van der Waals surface area contributed by atoms with Crippen molar-refractivity contribution >= 4 is 22.8 Å². The minimum absolute atomic E-state index is 0.00869. The van der Waals surface area contributed by atoms with Crippen LogP contribution in [-0.2, 0) is 0 Å². The lowest BCUT2D eigenvalue weighted by molar-refractivity contribution is 0.220. The zero-order valence-electron chi connectivity index (χ0n) is 12.7. The molecule has 0 saturated heterocycles. The van der Waals surface area contributed by atoms with Crippen LogP contribution in [0.25, 0.3) is 17.0 Å². The van der Waals surface area contributed by atoms with E-state index in [4.69, 9.17) is 5.11 Å². The van der Waals surface area contributed by atoms with E-state index in [1.807, 2.05) is 29.0 Å². The van der Waals surface area contributed by atoms with Crippen molar-refractivity contribution in [3.05, 3.63) is 29.0 Å². The first-order valence-corrected chi connectivity index (χ1v) is 8.13. The van der Waals surface area contributed by atoms with Gasteiger partial charge in [-0.25, -0.2) is 0 Å². The van der Waals surface area contributed by atoms with Gasteiger partial charge in [-0.3, -0.25) is 0 Å². The van der Waals surface area contributed by atoms with Crippen molar-refractivity contribution in [2.24, 2.45) is 5.41 Å². The molecule has 3 rings (SSSR count). The van der Waals surface area contributed by atoms with Crippen LogP contribution in [0, 0.1) is 5.41 Å². The Hall–Kier alpha value is -1.99. The molecule has 0 radical (unpaired) electrons. The van der Waals surface area contributed by atoms with Crippen molar-refractivity contribution in [3.8, 4) is 11.4 Å². The Morgan fingerprint density at radius 2 is 2.14 bits per heavy atom. The number of fused-ring (bicyclic) bond motifs is 1. The third-order valence-electron chi connectivity index (χ3n) is 3.58. The van der Waals surface area contributed by atoms with E-state index in [-0.39, 0.29) is 12.0 Å². The van der Waals surface area contributed by atoms with Gasteiger partial charge in [0.05, 0.1) is 0 Å². The van der Waals surface area contributed by atoms with Crippen molar-refractivity contribution in [1.82, 2.24) is 19.8 Å². The fourth-order valence-corrected chi connectivity index (χ4v) is 2.81. The largest absolute Gasteiger partial charge is 0.396 e. The van der Waals surface area contributed by atoms with Crippen molar-refractivity contribution in [2.75, 3.05) is 18.5 Å². The van der Waals surface area contributed by atoms with Crippen LogP contribution in [0.5, 0.6) is 0 Å². The molecule has 0 saturated carbocycles. The van der Waals surface area contributed by atoms with E-state index in [1.54, 1.807) is 15.9 Å². The molecule has 22 heavy (non-hydrogen) atoms. The van der Waals surface area contributed by atoms with E-state index in [9.17, 15) is 0 Å². The van der Waals surface area contributed by atoms with Crippen LogP contribution >= 0.6 is 11.3 Å². The smallest absolute Gasteiger partial charge is 0.186 e. The van der Waals surface area contributed by atoms with E-state index in [0.29, 0.717) is 0 Å². The summed E-state index contributed by atoms with van der Waals surface area (Å²) in [6.45, 7) is 5.16. The summed E-state index contributed by atoms with van der Waals surface area (Å²) in [5, 5.41) is 29.4. The SMILES string of the molecule is CC(C)(CCO)CNc1ccc2nnc(-c3ccsc3)n2n1. The summed E-state index contributed by atoms with van der Waals surface area (Å²) in [7, 11) is 0. The molecular weight excluding hydrogens is 298 g/mol. The van der Waals surface area contributed by atoms with Crippen molar-refractivity contribution < 1.29 is 5.11 Å². The number of nitrogens with zero attached hydrogens (tertiary/aromatic N) is 4. The highest BCUT2D eigenvalue weighted by atomic mass is 32.1. The predicted octanol–water partition coefficient (Wildman–Crippen LogP) is 2.67. The van der Waals surface area contributed by atoms with Gasteiger partial charge < -0.3 is 10.4 Å². The zero-order valence-corrected chi connectivity index (χ0v) is 13.5. The van der Waals surface area contributed by atoms with Crippen LogP contribution in [0.4, 0.5) is 5.82 Å². The second kappa shape index (κ2) is 6.02. The molecule has 0 spiro atoms. The van der Waals surface area contributed by atoms with Gasteiger partial charge in [-0.05, 0) is 35.4 Å². The first-order chi connectivity index (χ1) is 10.6. The molecule has 6 nitrogen and oxygen atoms in total. The number of hydrogen-bond acceptors (Lipinski definition) is 6. The maximum Gasteiger partial charge on any atom is 0.186 e. The zero-order chi connectivity index (χ0) is 15.6. The Labute approximate surface area is 132 Å². The summed E-state index contributed by atoms with van der Waals surface area (Å²) in [4.78, 5) is 0. The highest BCUT2D eigenvalue weighted by Gasteiger charge is 2.17. The van der Waals surface area contributed by atoms with Crippen LogP contribution in [0.2, 0.25) is 0 Å². The molecule has 116 valence electrons. The van der Waals surface area contributed by atoms with Gasteiger partial charge in [0.2, 0.25) is 0 Å². The number of aliphatic hydroxyl groups excluding tert-OH is 1.